The Bertz CT molecular complexity index is 860. The van der Waals surface area contributed by atoms with E-state index in [-0.39, 0.29) is 5.91 Å². The van der Waals surface area contributed by atoms with Crippen molar-refractivity contribution in [1.29, 1.82) is 0 Å². The van der Waals surface area contributed by atoms with Crippen LogP contribution < -0.4 is 0 Å². The summed E-state index contributed by atoms with van der Waals surface area (Å²) in [5, 5.41) is 0. The summed E-state index contributed by atoms with van der Waals surface area (Å²) >= 11 is 0. The van der Waals surface area contributed by atoms with E-state index in [9.17, 15) is 4.79 Å². The van der Waals surface area contributed by atoms with Crippen LogP contribution in [0.15, 0.2) is 36.5 Å². The quantitative estimate of drug-likeness (QED) is 0.824. The zero-order valence-electron chi connectivity index (χ0n) is 16.0. The molecule has 5 heteroatoms. The normalized spacial score (nSPS) is 31.8. The summed E-state index contributed by atoms with van der Waals surface area (Å²) < 4.78 is 0. The third-order valence-electron chi connectivity index (χ3n) is 6.81. The summed E-state index contributed by atoms with van der Waals surface area (Å²) in [5.41, 5.74) is 2.80. The maximum Gasteiger partial charge on any atom is 0.257 e. The zero-order valence-corrected chi connectivity index (χ0v) is 16.0. The molecular weight excluding hydrogens is 336 g/mol. The fraction of sp³-hybridized carbons (Fsp3) is 0.500. The monoisotopic (exact) mass is 362 g/mol. The predicted octanol–water partition coefficient (Wildman–Crippen LogP) is 2.80. The van der Waals surface area contributed by atoms with Crippen LogP contribution in [0.4, 0.5) is 0 Å². The van der Waals surface area contributed by atoms with Crippen LogP contribution >= 0.6 is 0 Å². The lowest BCUT2D eigenvalue weighted by atomic mass is 9.75. The van der Waals surface area contributed by atoms with Gasteiger partial charge >= 0.3 is 0 Å². The van der Waals surface area contributed by atoms with Gasteiger partial charge in [-0.25, -0.2) is 9.97 Å². The molecule has 4 saturated heterocycles. The molecule has 27 heavy (non-hydrogen) atoms. The molecule has 5 nitrogen and oxygen atoms in total. The van der Waals surface area contributed by atoms with Gasteiger partial charge in [0.15, 0.2) is 0 Å². The zero-order chi connectivity index (χ0) is 18.5. The van der Waals surface area contributed by atoms with E-state index in [1.54, 1.807) is 6.20 Å². The summed E-state index contributed by atoms with van der Waals surface area (Å²) in [6.07, 6.45) is 4.12. The summed E-state index contributed by atoms with van der Waals surface area (Å²) in [5.74, 6) is 1.82. The molecule has 0 saturated carbocycles. The van der Waals surface area contributed by atoms with Gasteiger partial charge < -0.3 is 4.90 Å². The smallest absolute Gasteiger partial charge is 0.257 e. The van der Waals surface area contributed by atoms with Gasteiger partial charge in [0.1, 0.15) is 5.82 Å². The minimum atomic E-state index is 0.106. The van der Waals surface area contributed by atoms with Crippen molar-refractivity contribution in [1.82, 2.24) is 19.8 Å². The van der Waals surface area contributed by atoms with Gasteiger partial charge in [0.05, 0.1) is 17.3 Å². The van der Waals surface area contributed by atoms with Crippen LogP contribution in [0.2, 0.25) is 0 Å². The molecule has 0 unspecified atom stereocenters. The Morgan fingerprint density at radius 2 is 1.81 bits per heavy atom. The number of aromatic nitrogens is 2. The number of hydrogen-bond acceptors (Lipinski definition) is 4. The highest BCUT2D eigenvalue weighted by atomic mass is 16.2. The molecule has 1 amide bonds. The van der Waals surface area contributed by atoms with Gasteiger partial charge in [-0.1, -0.05) is 30.3 Å². The first kappa shape index (κ1) is 16.9. The molecule has 1 aromatic carbocycles. The van der Waals surface area contributed by atoms with Crippen molar-refractivity contribution in [2.24, 2.45) is 5.92 Å². The van der Waals surface area contributed by atoms with Crippen molar-refractivity contribution in [3.05, 3.63) is 59.2 Å². The van der Waals surface area contributed by atoms with Crippen LogP contribution in [0.1, 0.15) is 46.2 Å². The first-order valence-corrected chi connectivity index (χ1v) is 10.0. The third-order valence-corrected chi connectivity index (χ3v) is 6.81. The Balaban J connectivity index is 1.53. The van der Waals surface area contributed by atoms with Gasteiger partial charge in [0, 0.05) is 24.7 Å². The molecule has 5 heterocycles. The van der Waals surface area contributed by atoms with E-state index >= 15 is 0 Å². The number of benzene rings is 1. The van der Waals surface area contributed by atoms with E-state index < -0.39 is 0 Å². The SMILES string of the molecule is Cc1ncc(C(=O)N2C[C@@H](c3ccccc3)[C@@H]3[C@H]2C2CCN3CC2)c(C)n1. The molecule has 140 valence electrons. The predicted molar refractivity (Wildman–Crippen MR) is 104 cm³/mol. The van der Waals surface area contributed by atoms with E-state index in [2.05, 4.69) is 50.1 Å². The lowest BCUT2D eigenvalue weighted by molar-refractivity contribution is -0.00345. The first-order chi connectivity index (χ1) is 13.1. The van der Waals surface area contributed by atoms with Crippen LogP contribution in [0.3, 0.4) is 0 Å². The number of hydrogen-bond donors (Lipinski definition) is 0. The summed E-state index contributed by atoms with van der Waals surface area (Å²) in [7, 11) is 0. The second kappa shape index (κ2) is 6.41. The molecule has 0 spiro atoms. The molecule has 2 aromatic rings. The average Bonchev–Trinajstić information content (AvgIpc) is 3.12. The topological polar surface area (TPSA) is 49.3 Å². The number of carbonyl (C=O) groups excluding carboxylic acids is 1. The Morgan fingerprint density at radius 1 is 1.07 bits per heavy atom. The van der Waals surface area contributed by atoms with Gasteiger partial charge in [-0.3, -0.25) is 9.69 Å². The Hall–Kier alpha value is -2.27. The number of aryl methyl sites for hydroxylation is 2. The Kier molecular flexibility index (Phi) is 4.01. The van der Waals surface area contributed by atoms with Crippen LogP contribution in [-0.2, 0) is 0 Å². The minimum absolute atomic E-state index is 0.106. The second-order valence-electron chi connectivity index (χ2n) is 8.25. The number of piperidine rings is 3. The molecule has 1 aromatic heterocycles. The molecule has 4 fully saturated rings. The maximum atomic E-state index is 13.5. The van der Waals surface area contributed by atoms with Gasteiger partial charge in [-0.2, -0.15) is 0 Å². The number of fused-ring (bicyclic) bond motifs is 2. The van der Waals surface area contributed by atoms with Crippen molar-refractivity contribution in [3.63, 3.8) is 0 Å². The van der Waals surface area contributed by atoms with Crippen molar-refractivity contribution >= 4 is 5.91 Å². The molecular formula is C22H26N4O. The van der Waals surface area contributed by atoms with E-state index in [1.807, 2.05) is 13.8 Å². The standard InChI is InChI=1S/C22H26N4O/c1-14-18(12-23-15(2)24-14)22(27)26-13-19(16-6-4-3-5-7-16)21-20(26)17-8-10-25(21)11-9-17/h3-7,12,17,19-21H,8-11,13H2,1-2H3/t19-,20+,21+/m0/s1. The van der Waals surface area contributed by atoms with Crippen LogP contribution in [0.25, 0.3) is 0 Å². The van der Waals surface area contributed by atoms with Crippen molar-refractivity contribution in [2.45, 2.75) is 44.7 Å². The van der Waals surface area contributed by atoms with Crippen molar-refractivity contribution in [2.75, 3.05) is 19.6 Å². The summed E-state index contributed by atoms with van der Waals surface area (Å²) in [6, 6.07) is 11.5. The van der Waals surface area contributed by atoms with E-state index in [0.717, 1.165) is 12.2 Å². The lowest BCUT2D eigenvalue weighted by Gasteiger charge is -2.51. The molecule has 0 aliphatic carbocycles. The molecule has 2 bridgehead atoms. The highest BCUT2D eigenvalue weighted by molar-refractivity contribution is 5.95. The molecule has 0 N–H and O–H groups in total. The molecule has 0 radical (unpaired) electrons. The largest absolute Gasteiger partial charge is 0.333 e. The highest BCUT2D eigenvalue weighted by Crippen LogP contribution is 2.46. The van der Waals surface area contributed by atoms with E-state index in [1.165, 1.54) is 31.5 Å². The second-order valence-corrected chi connectivity index (χ2v) is 8.25. The number of carbonyl (C=O) groups is 1. The van der Waals surface area contributed by atoms with Crippen LogP contribution in [-0.4, -0.2) is 57.4 Å². The first-order valence-electron chi connectivity index (χ1n) is 10.0. The van der Waals surface area contributed by atoms with Crippen LogP contribution in [0, 0.1) is 19.8 Å². The average molecular weight is 362 g/mol. The third kappa shape index (κ3) is 2.67. The maximum absolute atomic E-state index is 13.5. The van der Waals surface area contributed by atoms with Gasteiger partial charge in [0.2, 0.25) is 0 Å². The molecule has 6 rings (SSSR count). The Morgan fingerprint density at radius 3 is 2.52 bits per heavy atom. The number of amides is 1. The molecule has 4 aliphatic heterocycles. The number of likely N-dealkylation sites (tertiary alicyclic amines) is 1. The lowest BCUT2D eigenvalue weighted by Crippen LogP contribution is -2.60. The summed E-state index contributed by atoms with van der Waals surface area (Å²) in [4.78, 5) is 27.0. The minimum Gasteiger partial charge on any atom is -0.333 e. The molecule has 3 atom stereocenters. The van der Waals surface area contributed by atoms with Gasteiger partial charge in [0.25, 0.3) is 5.91 Å². The molecule has 4 aliphatic rings. The number of rotatable bonds is 2. The fourth-order valence-electron chi connectivity index (χ4n) is 5.60. The van der Waals surface area contributed by atoms with Crippen molar-refractivity contribution < 1.29 is 4.79 Å². The highest BCUT2D eigenvalue weighted by Gasteiger charge is 2.54. The Labute approximate surface area is 160 Å². The van der Waals surface area contributed by atoms with Crippen LogP contribution in [0.5, 0.6) is 0 Å². The van der Waals surface area contributed by atoms with Gasteiger partial charge in [-0.15, -0.1) is 0 Å². The van der Waals surface area contributed by atoms with Crippen molar-refractivity contribution in [3.8, 4) is 0 Å². The number of nitrogens with zero attached hydrogens (tertiary/aromatic N) is 4. The van der Waals surface area contributed by atoms with Gasteiger partial charge in [-0.05, 0) is 51.3 Å². The van der Waals surface area contributed by atoms with E-state index in [0.29, 0.717) is 35.3 Å². The van der Waals surface area contributed by atoms with E-state index in [4.69, 9.17) is 0 Å². The summed E-state index contributed by atoms with van der Waals surface area (Å²) in [6.45, 7) is 6.92. The fourth-order valence-corrected chi connectivity index (χ4v) is 5.60.